The van der Waals surface area contributed by atoms with Gasteiger partial charge < -0.3 is 14.6 Å². The summed E-state index contributed by atoms with van der Waals surface area (Å²) in [4.78, 5) is 30.0. The molecule has 2 atom stereocenters. The summed E-state index contributed by atoms with van der Waals surface area (Å²) in [5.74, 6) is -1.81. The molecular weight excluding hydrogens is 406 g/mol. The van der Waals surface area contributed by atoms with Crippen molar-refractivity contribution in [3.8, 4) is 11.1 Å². The number of pyridine rings is 1. The van der Waals surface area contributed by atoms with Gasteiger partial charge in [0, 0.05) is 25.7 Å². The fourth-order valence-electron chi connectivity index (χ4n) is 3.61. The number of nitrogens with one attached hydrogen (secondary N) is 2. The van der Waals surface area contributed by atoms with Gasteiger partial charge in [0.15, 0.2) is 5.82 Å². The largest absolute Gasteiger partial charge is 0.345 e. The summed E-state index contributed by atoms with van der Waals surface area (Å²) in [6.45, 7) is 0. The van der Waals surface area contributed by atoms with Crippen LogP contribution >= 0.6 is 0 Å². The van der Waals surface area contributed by atoms with Gasteiger partial charge in [-0.2, -0.15) is 5.10 Å². The van der Waals surface area contributed by atoms with E-state index in [9.17, 15) is 18.4 Å². The number of carbonyl (C=O) groups is 2. The van der Waals surface area contributed by atoms with Gasteiger partial charge in [-0.15, -0.1) is 0 Å². The average Bonchev–Trinajstić information content (AvgIpc) is 3.12. The minimum absolute atomic E-state index is 0.0683. The molecule has 3 aromatic heterocycles. The number of carbonyl (C=O) groups excluding carboxylic acids is 2. The normalized spacial score (nSPS) is 17.8. The lowest BCUT2D eigenvalue weighted by Crippen LogP contribution is -2.23. The van der Waals surface area contributed by atoms with E-state index in [2.05, 4.69) is 20.5 Å². The average molecular weight is 424 g/mol. The third-order valence-electron chi connectivity index (χ3n) is 5.37. The molecule has 8 nitrogen and oxygen atoms in total. The molecule has 1 fully saturated rings. The second-order valence-corrected chi connectivity index (χ2v) is 7.80. The molecule has 5 rings (SSSR count). The Kier molecular flexibility index (Phi) is 4.24. The number of alkyl halides is 1. The summed E-state index contributed by atoms with van der Waals surface area (Å²) < 4.78 is 29.7. The highest BCUT2D eigenvalue weighted by Gasteiger charge is 2.43. The van der Waals surface area contributed by atoms with Crippen LogP contribution in [0.25, 0.3) is 27.7 Å². The number of aromatic amines is 1. The fourth-order valence-corrected chi connectivity index (χ4v) is 3.61. The Balaban J connectivity index is 1.55. The van der Waals surface area contributed by atoms with Crippen LogP contribution in [0.15, 0.2) is 36.8 Å². The number of hydrogen-bond acceptors (Lipinski definition) is 4. The Morgan fingerprint density at radius 1 is 1.29 bits per heavy atom. The fraction of sp³-hybridized carbons (Fsp3) is 0.238. The predicted molar refractivity (Wildman–Crippen MR) is 110 cm³/mol. The van der Waals surface area contributed by atoms with E-state index < -0.39 is 23.8 Å². The summed E-state index contributed by atoms with van der Waals surface area (Å²) in [5.41, 5.74) is 2.03. The van der Waals surface area contributed by atoms with Crippen molar-refractivity contribution in [1.29, 1.82) is 0 Å². The lowest BCUT2D eigenvalue weighted by molar-refractivity contribution is -0.117. The Morgan fingerprint density at radius 2 is 2.06 bits per heavy atom. The van der Waals surface area contributed by atoms with E-state index in [1.54, 1.807) is 49.2 Å². The van der Waals surface area contributed by atoms with Gasteiger partial charge in [-0.05, 0) is 35.7 Å². The molecular formula is C21H18F2N6O2. The van der Waals surface area contributed by atoms with Crippen molar-refractivity contribution in [3.63, 3.8) is 0 Å². The first kappa shape index (κ1) is 19.2. The predicted octanol–water partition coefficient (Wildman–Crippen LogP) is 3.02. The van der Waals surface area contributed by atoms with E-state index in [4.69, 9.17) is 0 Å². The zero-order valence-corrected chi connectivity index (χ0v) is 16.7. The van der Waals surface area contributed by atoms with Crippen molar-refractivity contribution in [2.45, 2.75) is 12.6 Å². The van der Waals surface area contributed by atoms with Crippen molar-refractivity contribution >= 4 is 34.2 Å². The number of benzene rings is 1. The van der Waals surface area contributed by atoms with Crippen LogP contribution in [0.4, 0.5) is 14.6 Å². The number of rotatable bonds is 4. The van der Waals surface area contributed by atoms with Crippen molar-refractivity contribution in [2.75, 3.05) is 19.4 Å². The van der Waals surface area contributed by atoms with Crippen LogP contribution in [0.5, 0.6) is 0 Å². The maximum Gasteiger partial charge on any atom is 0.258 e. The van der Waals surface area contributed by atoms with Crippen LogP contribution in [-0.4, -0.2) is 56.6 Å². The second kappa shape index (κ2) is 6.86. The first-order valence-electron chi connectivity index (χ1n) is 9.65. The summed E-state index contributed by atoms with van der Waals surface area (Å²) in [7, 11) is 3.11. The van der Waals surface area contributed by atoms with Gasteiger partial charge in [0.1, 0.15) is 23.2 Å². The van der Waals surface area contributed by atoms with Gasteiger partial charge >= 0.3 is 0 Å². The molecule has 31 heavy (non-hydrogen) atoms. The third-order valence-corrected chi connectivity index (χ3v) is 5.37. The van der Waals surface area contributed by atoms with E-state index in [-0.39, 0.29) is 17.9 Å². The molecule has 2 N–H and O–H groups in total. The third kappa shape index (κ3) is 3.20. The monoisotopic (exact) mass is 424 g/mol. The summed E-state index contributed by atoms with van der Waals surface area (Å²) in [6, 6.07) is 4.80. The van der Waals surface area contributed by atoms with Crippen LogP contribution < -0.4 is 5.32 Å². The van der Waals surface area contributed by atoms with Crippen LogP contribution in [0, 0.1) is 11.7 Å². The van der Waals surface area contributed by atoms with E-state index in [0.717, 1.165) is 0 Å². The van der Waals surface area contributed by atoms with Crippen LogP contribution in [0.3, 0.4) is 0 Å². The molecule has 1 aliphatic rings. The van der Waals surface area contributed by atoms with E-state index in [1.165, 1.54) is 11.0 Å². The molecule has 158 valence electrons. The molecule has 1 aliphatic carbocycles. The number of imidazole rings is 1. The standard InChI is InChI=1S/C21H18F2N6O2/c1-28(2)21(31)18-15(23)5-11(13-7-24-27-19(13)18)10-3-4-17-25-16(9-29(17)8-10)26-20(30)12-6-14(12)22/h3-5,7-9,12,14H,6H2,1-2H3,(H,24,27)(H,26,30)/t12-,14+/m1/s1. The topological polar surface area (TPSA) is 95.4 Å². The molecule has 1 aromatic carbocycles. The van der Waals surface area contributed by atoms with E-state index >= 15 is 0 Å². The molecule has 1 saturated carbocycles. The Labute approximate surface area is 174 Å². The molecule has 0 saturated heterocycles. The number of anilines is 1. The van der Waals surface area contributed by atoms with Crippen LogP contribution in [0.2, 0.25) is 0 Å². The SMILES string of the molecule is CN(C)C(=O)c1c(F)cc(-c2ccc3nc(NC(=O)[C@@H]4C[C@@H]4F)cn3c2)c2cn[nH]c12. The Bertz CT molecular complexity index is 1360. The summed E-state index contributed by atoms with van der Waals surface area (Å²) in [5, 5.41) is 9.94. The van der Waals surface area contributed by atoms with Gasteiger partial charge in [0.05, 0.1) is 23.8 Å². The molecule has 10 heteroatoms. The lowest BCUT2D eigenvalue weighted by Gasteiger charge is -2.13. The van der Waals surface area contributed by atoms with Gasteiger partial charge in [-0.3, -0.25) is 14.7 Å². The zero-order chi connectivity index (χ0) is 21.9. The van der Waals surface area contributed by atoms with Gasteiger partial charge in [0.2, 0.25) is 5.91 Å². The van der Waals surface area contributed by atoms with Gasteiger partial charge in [-0.1, -0.05) is 0 Å². The Hall–Kier alpha value is -3.82. The number of amides is 2. The highest BCUT2D eigenvalue weighted by atomic mass is 19.1. The number of nitrogens with zero attached hydrogens (tertiary/aromatic N) is 4. The molecule has 0 radical (unpaired) electrons. The molecule has 4 aromatic rings. The summed E-state index contributed by atoms with van der Waals surface area (Å²) >= 11 is 0. The highest BCUT2D eigenvalue weighted by molar-refractivity contribution is 6.09. The molecule has 3 heterocycles. The van der Waals surface area contributed by atoms with Crippen LogP contribution in [-0.2, 0) is 4.79 Å². The smallest absolute Gasteiger partial charge is 0.258 e. The van der Waals surface area contributed by atoms with E-state index in [0.29, 0.717) is 33.5 Å². The van der Waals surface area contributed by atoms with Gasteiger partial charge in [-0.25, -0.2) is 13.8 Å². The minimum atomic E-state index is -1.08. The zero-order valence-electron chi connectivity index (χ0n) is 16.7. The van der Waals surface area contributed by atoms with Crippen molar-refractivity contribution in [1.82, 2.24) is 24.5 Å². The molecule has 0 unspecified atom stereocenters. The number of halogens is 2. The lowest BCUT2D eigenvalue weighted by atomic mass is 9.99. The maximum atomic E-state index is 14.9. The Morgan fingerprint density at radius 3 is 2.77 bits per heavy atom. The first-order chi connectivity index (χ1) is 14.8. The molecule has 2 amide bonds. The maximum absolute atomic E-state index is 14.9. The molecule has 0 spiro atoms. The van der Waals surface area contributed by atoms with Crippen molar-refractivity contribution in [3.05, 3.63) is 48.2 Å². The number of H-pyrrole nitrogens is 1. The number of hydrogen-bond donors (Lipinski definition) is 2. The number of fused-ring (bicyclic) bond motifs is 2. The minimum Gasteiger partial charge on any atom is -0.345 e. The van der Waals surface area contributed by atoms with Crippen molar-refractivity contribution in [2.24, 2.45) is 5.92 Å². The quantitative estimate of drug-likeness (QED) is 0.527. The van der Waals surface area contributed by atoms with Crippen molar-refractivity contribution < 1.29 is 18.4 Å². The molecule has 0 bridgehead atoms. The first-order valence-corrected chi connectivity index (χ1v) is 9.65. The molecule has 0 aliphatic heterocycles. The van der Waals surface area contributed by atoms with Gasteiger partial charge in [0.25, 0.3) is 5.91 Å². The van der Waals surface area contributed by atoms with E-state index in [1.807, 2.05) is 0 Å². The highest BCUT2D eigenvalue weighted by Crippen LogP contribution is 2.35. The second-order valence-electron chi connectivity index (χ2n) is 7.80. The number of aromatic nitrogens is 4. The summed E-state index contributed by atoms with van der Waals surface area (Å²) in [6.07, 6.45) is 4.05. The van der Waals surface area contributed by atoms with Crippen LogP contribution in [0.1, 0.15) is 16.8 Å².